The summed E-state index contributed by atoms with van der Waals surface area (Å²) in [5.74, 6) is -0.758. The van der Waals surface area contributed by atoms with E-state index in [0.29, 0.717) is 17.6 Å². The van der Waals surface area contributed by atoms with Crippen molar-refractivity contribution in [2.75, 3.05) is 11.5 Å². The third kappa shape index (κ3) is 3.64. The normalized spacial score (nSPS) is 21.2. The fourth-order valence-corrected chi connectivity index (χ4v) is 5.19. The van der Waals surface area contributed by atoms with Gasteiger partial charge in [-0.25, -0.2) is 13.1 Å². The number of benzene rings is 2. The van der Waals surface area contributed by atoms with Crippen LogP contribution in [0, 0.1) is 0 Å². The molecule has 1 aliphatic heterocycles. The molecule has 0 aliphatic carbocycles. The molecule has 28 heavy (non-hydrogen) atoms. The van der Waals surface area contributed by atoms with Crippen molar-refractivity contribution in [1.82, 2.24) is 15.1 Å². The Morgan fingerprint density at radius 3 is 2.61 bits per heavy atom. The summed E-state index contributed by atoms with van der Waals surface area (Å²) < 4.78 is 24.8. The maximum absolute atomic E-state index is 11.6. The summed E-state index contributed by atoms with van der Waals surface area (Å²) in [7, 11) is -3.17. The number of nitrogens with one attached hydrogen (secondary N) is 1. The van der Waals surface area contributed by atoms with Crippen LogP contribution in [-0.4, -0.2) is 52.9 Å². The lowest BCUT2D eigenvalue weighted by Crippen LogP contribution is -2.38. The number of sulfone groups is 1. The zero-order valence-corrected chi connectivity index (χ0v) is 15.8. The molecule has 0 radical (unpaired) electrons. The Labute approximate surface area is 161 Å². The van der Waals surface area contributed by atoms with E-state index in [9.17, 15) is 18.3 Å². The summed E-state index contributed by atoms with van der Waals surface area (Å²) in [6.45, 7) is 0.449. The summed E-state index contributed by atoms with van der Waals surface area (Å²) in [6.07, 6.45) is 0.953. The van der Waals surface area contributed by atoms with Gasteiger partial charge in [0.15, 0.2) is 9.84 Å². The predicted octanol–water partition coefficient (Wildman–Crippen LogP) is 0.372. The monoisotopic (exact) mass is 400 g/mol. The smallest absolute Gasteiger partial charge is 0.250 e. The highest BCUT2D eigenvalue weighted by molar-refractivity contribution is 7.91. The van der Waals surface area contributed by atoms with E-state index in [1.807, 2.05) is 36.5 Å². The van der Waals surface area contributed by atoms with Crippen LogP contribution in [0.5, 0.6) is 0 Å². The minimum absolute atomic E-state index is 0.0473. The van der Waals surface area contributed by atoms with Gasteiger partial charge < -0.3 is 16.2 Å². The highest BCUT2D eigenvalue weighted by Gasteiger charge is 2.35. The van der Waals surface area contributed by atoms with Crippen LogP contribution in [0.2, 0.25) is 0 Å². The number of aliphatic hydroxyl groups is 1. The lowest BCUT2D eigenvalue weighted by atomic mass is 10.1. The van der Waals surface area contributed by atoms with Gasteiger partial charge in [-0.05, 0) is 23.8 Å². The fraction of sp³-hybridized carbons (Fsp3) is 0.263. The molecule has 0 spiro atoms. The second kappa shape index (κ2) is 7.01. The lowest BCUT2D eigenvalue weighted by Gasteiger charge is -2.15. The van der Waals surface area contributed by atoms with Crippen LogP contribution < -0.4 is 11.1 Å². The van der Waals surface area contributed by atoms with E-state index in [2.05, 4.69) is 10.4 Å². The molecule has 9 heteroatoms. The second-order valence-electron chi connectivity index (χ2n) is 6.98. The zero-order valence-electron chi connectivity index (χ0n) is 14.9. The molecule has 8 nitrogen and oxygen atoms in total. The van der Waals surface area contributed by atoms with Gasteiger partial charge in [0.1, 0.15) is 5.52 Å². The Balaban J connectivity index is 1.50. The van der Waals surface area contributed by atoms with Crippen molar-refractivity contribution >= 4 is 26.6 Å². The average Bonchev–Trinajstić information content (AvgIpc) is 3.19. The third-order valence-electron chi connectivity index (χ3n) is 4.89. The number of carbonyl (C=O) groups is 1. The first-order valence-corrected chi connectivity index (χ1v) is 10.6. The third-order valence-corrected chi connectivity index (χ3v) is 6.61. The first-order valence-electron chi connectivity index (χ1n) is 8.82. The minimum atomic E-state index is -3.17. The van der Waals surface area contributed by atoms with Crippen LogP contribution in [0.4, 0.5) is 0 Å². The van der Waals surface area contributed by atoms with Crippen LogP contribution in [0.25, 0.3) is 16.6 Å². The Morgan fingerprint density at radius 2 is 1.96 bits per heavy atom. The topological polar surface area (TPSA) is 127 Å². The van der Waals surface area contributed by atoms with Crippen molar-refractivity contribution in [3.05, 3.63) is 59.8 Å². The molecule has 4 N–H and O–H groups in total. The van der Waals surface area contributed by atoms with Gasteiger partial charge in [-0.3, -0.25) is 4.79 Å². The summed E-state index contributed by atoms with van der Waals surface area (Å²) in [5.41, 5.74) is 8.11. The molecular formula is C19H20N4O4S. The highest BCUT2D eigenvalue weighted by atomic mass is 32.2. The van der Waals surface area contributed by atoms with Gasteiger partial charge in [-0.2, -0.15) is 5.10 Å². The Hall–Kier alpha value is -2.75. The van der Waals surface area contributed by atoms with Gasteiger partial charge in [0.25, 0.3) is 5.91 Å². The number of hydrogen-bond acceptors (Lipinski definition) is 6. The lowest BCUT2D eigenvalue weighted by molar-refractivity contribution is 0.100. The maximum atomic E-state index is 11.6. The molecule has 1 saturated heterocycles. The number of hydrogen-bond donors (Lipinski definition) is 3. The summed E-state index contributed by atoms with van der Waals surface area (Å²) in [5, 5.41) is 18.2. The van der Waals surface area contributed by atoms with Crippen molar-refractivity contribution in [1.29, 1.82) is 0 Å². The number of aliphatic hydroxyl groups excluding tert-OH is 1. The average molecular weight is 400 g/mol. The Morgan fingerprint density at radius 1 is 1.21 bits per heavy atom. The number of nitrogens with zero attached hydrogens (tertiary/aromatic N) is 2. The van der Waals surface area contributed by atoms with E-state index in [4.69, 9.17) is 5.73 Å². The number of amides is 1. The zero-order chi connectivity index (χ0) is 19.9. The summed E-state index contributed by atoms with van der Waals surface area (Å²) in [6, 6.07) is 12.4. The van der Waals surface area contributed by atoms with E-state index >= 15 is 0 Å². The Kier molecular flexibility index (Phi) is 4.66. The van der Waals surface area contributed by atoms with Crippen LogP contribution in [0.1, 0.15) is 15.9 Å². The Bertz CT molecular complexity index is 1140. The van der Waals surface area contributed by atoms with E-state index in [1.165, 1.54) is 0 Å². The van der Waals surface area contributed by atoms with E-state index in [0.717, 1.165) is 16.6 Å². The molecule has 1 amide bonds. The molecule has 3 aromatic rings. The maximum Gasteiger partial charge on any atom is 0.250 e. The number of fused-ring (bicyclic) bond motifs is 1. The SMILES string of the molecule is NC(=O)c1cccc2cn(-c3ccc(CNC4CS(=O)(=O)CC4O)cc3)nc12. The van der Waals surface area contributed by atoms with Crippen molar-refractivity contribution in [2.24, 2.45) is 5.73 Å². The van der Waals surface area contributed by atoms with Crippen LogP contribution in [-0.2, 0) is 16.4 Å². The molecule has 2 aromatic carbocycles. The molecule has 2 unspecified atom stereocenters. The van der Waals surface area contributed by atoms with Gasteiger partial charge in [0.05, 0.1) is 28.9 Å². The number of rotatable bonds is 5. The number of primary amides is 1. The van der Waals surface area contributed by atoms with Crippen LogP contribution >= 0.6 is 0 Å². The van der Waals surface area contributed by atoms with Gasteiger partial charge in [0, 0.05) is 24.2 Å². The van der Waals surface area contributed by atoms with Gasteiger partial charge in [-0.15, -0.1) is 0 Å². The highest BCUT2D eigenvalue weighted by Crippen LogP contribution is 2.20. The molecule has 0 bridgehead atoms. The second-order valence-corrected chi connectivity index (χ2v) is 9.13. The van der Waals surface area contributed by atoms with Crippen molar-refractivity contribution < 1.29 is 18.3 Å². The quantitative estimate of drug-likeness (QED) is 0.568. The van der Waals surface area contributed by atoms with Crippen molar-refractivity contribution in [3.8, 4) is 5.69 Å². The molecule has 1 aromatic heterocycles. The fourth-order valence-electron chi connectivity index (χ4n) is 3.42. The van der Waals surface area contributed by atoms with E-state index < -0.39 is 27.9 Å². The molecule has 2 heterocycles. The van der Waals surface area contributed by atoms with Crippen LogP contribution in [0.15, 0.2) is 48.7 Å². The molecule has 0 saturated carbocycles. The molecule has 4 rings (SSSR count). The molecular weight excluding hydrogens is 380 g/mol. The van der Waals surface area contributed by atoms with Gasteiger partial charge in [-0.1, -0.05) is 24.3 Å². The molecule has 2 atom stereocenters. The predicted molar refractivity (Wildman–Crippen MR) is 105 cm³/mol. The van der Waals surface area contributed by atoms with Crippen molar-refractivity contribution in [3.63, 3.8) is 0 Å². The molecule has 1 fully saturated rings. The summed E-state index contributed by atoms with van der Waals surface area (Å²) in [4.78, 5) is 11.6. The van der Waals surface area contributed by atoms with E-state index in [1.54, 1.807) is 16.8 Å². The largest absolute Gasteiger partial charge is 0.390 e. The standard InChI is InChI=1S/C19H20N4O4S/c20-19(25)15-3-1-2-13-9-23(22-18(13)15)14-6-4-12(5-7-14)8-21-16-10-28(26,27)11-17(16)24/h1-7,9,16-17,21,24H,8,10-11H2,(H2,20,25). The van der Waals surface area contributed by atoms with Gasteiger partial charge >= 0.3 is 0 Å². The number of carbonyl (C=O) groups excluding carboxylic acids is 1. The van der Waals surface area contributed by atoms with Gasteiger partial charge in [0.2, 0.25) is 0 Å². The first kappa shape index (κ1) is 18.6. The van der Waals surface area contributed by atoms with E-state index in [-0.39, 0.29) is 11.5 Å². The molecule has 1 aliphatic rings. The summed E-state index contributed by atoms with van der Waals surface area (Å²) >= 11 is 0. The van der Waals surface area contributed by atoms with Crippen LogP contribution in [0.3, 0.4) is 0 Å². The number of nitrogens with two attached hydrogens (primary N) is 1. The first-order chi connectivity index (χ1) is 13.3. The minimum Gasteiger partial charge on any atom is -0.390 e. The number of aromatic nitrogens is 2. The van der Waals surface area contributed by atoms with Crippen molar-refractivity contribution in [2.45, 2.75) is 18.7 Å². The molecule has 146 valence electrons.